The third-order valence-corrected chi connectivity index (χ3v) is 5.66. The van der Waals surface area contributed by atoms with Crippen LogP contribution < -0.4 is 10.6 Å². The maximum atomic E-state index is 12.4. The van der Waals surface area contributed by atoms with E-state index in [4.69, 9.17) is 9.84 Å². The number of ether oxygens (including phenoxy) is 1. The van der Waals surface area contributed by atoms with Gasteiger partial charge >= 0.3 is 12.1 Å². The SMILES string of the molecule is CCC(CC(=O)NC(C(=O)O)C(C)O)NC(=O)OCC1c2ccccc2-c2ccccc21. The maximum Gasteiger partial charge on any atom is 0.407 e. The number of amides is 2. The van der Waals surface area contributed by atoms with E-state index in [0.717, 1.165) is 22.3 Å². The molecule has 170 valence electrons. The Morgan fingerprint density at radius 3 is 2.06 bits per heavy atom. The number of carbonyl (C=O) groups is 3. The van der Waals surface area contributed by atoms with Crippen molar-refractivity contribution in [3.05, 3.63) is 59.7 Å². The molecule has 2 aromatic rings. The molecule has 8 nitrogen and oxygen atoms in total. The molecule has 8 heteroatoms. The summed E-state index contributed by atoms with van der Waals surface area (Å²) in [5.41, 5.74) is 4.47. The molecule has 1 aliphatic rings. The summed E-state index contributed by atoms with van der Waals surface area (Å²) >= 11 is 0. The minimum Gasteiger partial charge on any atom is -0.480 e. The Morgan fingerprint density at radius 1 is 1.00 bits per heavy atom. The summed E-state index contributed by atoms with van der Waals surface area (Å²) in [4.78, 5) is 35.7. The number of aliphatic carboxylic acids is 1. The standard InChI is InChI=1S/C24H28N2O6/c1-3-15(12-21(28)26-22(14(2)27)23(29)30)25-24(31)32-13-20-18-10-6-4-8-16(18)17-9-5-7-11-19(17)20/h4-11,14-15,20,22,27H,3,12-13H2,1-2H3,(H,25,31)(H,26,28)(H,29,30). The zero-order valence-electron chi connectivity index (χ0n) is 18.1. The number of rotatable bonds is 9. The van der Waals surface area contributed by atoms with Gasteiger partial charge in [0.1, 0.15) is 6.61 Å². The van der Waals surface area contributed by atoms with Gasteiger partial charge in [-0.1, -0.05) is 55.5 Å². The number of hydrogen-bond donors (Lipinski definition) is 4. The lowest BCUT2D eigenvalue weighted by molar-refractivity contribution is -0.144. The Morgan fingerprint density at radius 2 is 1.56 bits per heavy atom. The molecule has 0 aliphatic heterocycles. The van der Waals surface area contributed by atoms with Crippen LogP contribution in [-0.2, 0) is 14.3 Å². The predicted molar refractivity (Wildman–Crippen MR) is 118 cm³/mol. The first-order valence-corrected chi connectivity index (χ1v) is 10.6. The van der Waals surface area contributed by atoms with Gasteiger partial charge in [-0.15, -0.1) is 0 Å². The highest BCUT2D eigenvalue weighted by molar-refractivity contribution is 5.84. The third-order valence-electron chi connectivity index (χ3n) is 5.66. The van der Waals surface area contributed by atoms with Crippen molar-refractivity contribution >= 4 is 18.0 Å². The molecule has 2 aromatic carbocycles. The van der Waals surface area contributed by atoms with Gasteiger partial charge in [0.05, 0.1) is 6.10 Å². The van der Waals surface area contributed by atoms with E-state index < -0.39 is 36.2 Å². The van der Waals surface area contributed by atoms with Crippen LogP contribution in [0.25, 0.3) is 11.1 Å². The minimum absolute atomic E-state index is 0.0705. The van der Waals surface area contributed by atoms with Crippen molar-refractivity contribution in [2.24, 2.45) is 0 Å². The first-order chi connectivity index (χ1) is 15.3. The Labute approximate surface area is 186 Å². The molecule has 3 unspecified atom stereocenters. The van der Waals surface area contributed by atoms with E-state index in [1.54, 1.807) is 6.92 Å². The van der Waals surface area contributed by atoms with Crippen LogP contribution in [0.15, 0.2) is 48.5 Å². The van der Waals surface area contributed by atoms with Gasteiger partial charge in [0, 0.05) is 18.4 Å². The Kier molecular flexibility index (Phi) is 7.48. The molecule has 0 bridgehead atoms. The molecular formula is C24H28N2O6. The van der Waals surface area contributed by atoms with Crippen molar-refractivity contribution in [3.63, 3.8) is 0 Å². The number of carboxylic acid groups (broad SMARTS) is 1. The summed E-state index contributed by atoms with van der Waals surface area (Å²) in [7, 11) is 0. The number of carboxylic acids is 1. The molecule has 1 aliphatic carbocycles. The fourth-order valence-corrected chi connectivity index (χ4v) is 3.95. The number of fused-ring (bicyclic) bond motifs is 3. The smallest absolute Gasteiger partial charge is 0.407 e. The molecular weight excluding hydrogens is 412 g/mol. The number of alkyl carbamates (subject to hydrolysis) is 1. The van der Waals surface area contributed by atoms with Crippen LogP contribution in [0.2, 0.25) is 0 Å². The zero-order valence-corrected chi connectivity index (χ0v) is 18.1. The molecule has 32 heavy (non-hydrogen) atoms. The summed E-state index contributed by atoms with van der Waals surface area (Å²) < 4.78 is 5.50. The highest BCUT2D eigenvalue weighted by Gasteiger charge is 2.30. The minimum atomic E-state index is -1.41. The fraction of sp³-hybridized carbons (Fsp3) is 0.375. The van der Waals surface area contributed by atoms with Gasteiger partial charge in [0.2, 0.25) is 5.91 Å². The van der Waals surface area contributed by atoms with Crippen molar-refractivity contribution in [2.75, 3.05) is 6.61 Å². The molecule has 3 rings (SSSR count). The molecule has 2 amide bonds. The third kappa shape index (κ3) is 5.26. The Balaban J connectivity index is 1.57. The van der Waals surface area contributed by atoms with Crippen LogP contribution in [-0.4, -0.2) is 53.0 Å². The second-order valence-electron chi connectivity index (χ2n) is 7.90. The van der Waals surface area contributed by atoms with Gasteiger partial charge in [-0.3, -0.25) is 4.79 Å². The average molecular weight is 440 g/mol. The molecule has 3 atom stereocenters. The number of benzene rings is 2. The molecule has 0 aromatic heterocycles. The quantitative estimate of drug-likeness (QED) is 0.475. The van der Waals surface area contributed by atoms with Crippen LogP contribution in [0.3, 0.4) is 0 Å². The fourth-order valence-electron chi connectivity index (χ4n) is 3.95. The van der Waals surface area contributed by atoms with Crippen molar-refractivity contribution in [3.8, 4) is 11.1 Å². The highest BCUT2D eigenvalue weighted by Crippen LogP contribution is 2.44. The highest BCUT2D eigenvalue weighted by atomic mass is 16.5. The van der Waals surface area contributed by atoms with Crippen molar-refractivity contribution < 1.29 is 29.3 Å². The number of nitrogens with one attached hydrogen (secondary N) is 2. The monoisotopic (exact) mass is 440 g/mol. The first-order valence-electron chi connectivity index (χ1n) is 10.6. The second kappa shape index (κ2) is 10.3. The zero-order chi connectivity index (χ0) is 23.3. The van der Waals surface area contributed by atoms with Crippen LogP contribution in [0, 0.1) is 0 Å². The van der Waals surface area contributed by atoms with Crippen molar-refractivity contribution in [1.29, 1.82) is 0 Å². The molecule has 0 spiro atoms. The van der Waals surface area contributed by atoms with E-state index >= 15 is 0 Å². The molecule has 0 heterocycles. The molecule has 4 N–H and O–H groups in total. The van der Waals surface area contributed by atoms with E-state index in [1.807, 2.05) is 36.4 Å². The van der Waals surface area contributed by atoms with E-state index in [-0.39, 0.29) is 18.9 Å². The number of carbonyl (C=O) groups excluding carboxylic acids is 2. The van der Waals surface area contributed by atoms with Gasteiger partial charge in [-0.2, -0.15) is 0 Å². The number of aliphatic hydroxyl groups excluding tert-OH is 1. The van der Waals surface area contributed by atoms with Crippen LogP contribution in [0.1, 0.15) is 43.7 Å². The molecule has 0 saturated carbocycles. The van der Waals surface area contributed by atoms with Crippen LogP contribution in [0.4, 0.5) is 4.79 Å². The lowest BCUT2D eigenvalue weighted by atomic mass is 9.98. The van der Waals surface area contributed by atoms with Gasteiger partial charge in [0.15, 0.2) is 6.04 Å². The first kappa shape index (κ1) is 23.3. The van der Waals surface area contributed by atoms with Crippen molar-refractivity contribution in [1.82, 2.24) is 10.6 Å². The lowest BCUT2D eigenvalue weighted by Crippen LogP contribution is -2.49. The summed E-state index contributed by atoms with van der Waals surface area (Å²) in [6.45, 7) is 3.24. The average Bonchev–Trinajstić information content (AvgIpc) is 3.09. The molecule has 0 radical (unpaired) electrons. The Bertz CT molecular complexity index is 944. The molecule has 0 fully saturated rings. The van der Waals surface area contributed by atoms with E-state index in [0.29, 0.717) is 6.42 Å². The largest absolute Gasteiger partial charge is 0.480 e. The van der Waals surface area contributed by atoms with Gasteiger partial charge in [-0.25, -0.2) is 9.59 Å². The van der Waals surface area contributed by atoms with E-state index in [9.17, 15) is 19.5 Å². The summed E-state index contributed by atoms with van der Waals surface area (Å²) in [5, 5.41) is 23.5. The normalized spacial score (nSPS) is 15.1. The van der Waals surface area contributed by atoms with Crippen LogP contribution >= 0.6 is 0 Å². The lowest BCUT2D eigenvalue weighted by Gasteiger charge is -2.21. The summed E-state index contributed by atoms with van der Waals surface area (Å²) in [6.07, 6.45) is -1.57. The van der Waals surface area contributed by atoms with E-state index in [2.05, 4.69) is 22.8 Å². The van der Waals surface area contributed by atoms with E-state index in [1.165, 1.54) is 6.92 Å². The second-order valence-corrected chi connectivity index (χ2v) is 7.90. The summed E-state index contributed by atoms with van der Waals surface area (Å²) in [5.74, 6) is -1.98. The van der Waals surface area contributed by atoms with Crippen LogP contribution in [0.5, 0.6) is 0 Å². The van der Waals surface area contributed by atoms with Gasteiger partial charge in [-0.05, 0) is 35.6 Å². The Hall–Kier alpha value is -3.39. The topological polar surface area (TPSA) is 125 Å². The maximum absolute atomic E-state index is 12.4. The number of aliphatic hydroxyl groups is 1. The predicted octanol–water partition coefficient (Wildman–Crippen LogP) is 2.64. The summed E-state index contributed by atoms with van der Waals surface area (Å²) in [6, 6.07) is 14.1. The number of hydrogen-bond acceptors (Lipinski definition) is 5. The molecule has 0 saturated heterocycles. The van der Waals surface area contributed by atoms with Gasteiger partial charge in [0.25, 0.3) is 0 Å². The van der Waals surface area contributed by atoms with Gasteiger partial charge < -0.3 is 25.6 Å². The van der Waals surface area contributed by atoms with Crippen molar-refractivity contribution in [2.45, 2.75) is 50.8 Å².